The Kier molecular flexibility index (Phi) is 3.71. The van der Waals surface area contributed by atoms with E-state index in [2.05, 4.69) is 22.1 Å². The number of hydrogen-bond acceptors (Lipinski definition) is 2. The summed E-state index contributed by atoms with van der Waals surface area (Å²) in [6, 6.07) is 5.55. The van der Waals surface area contributed by atoms with Crippen molar-refractivity contribution in [3.8, 4) is 11.8 Å². The lowest BCUT2D eigenvalue weighted by Crippen LogP contribution is -2.14. The molecule has 2 nitrogen and oxygen atoms in total. The van der Waals surface area contributed by atoms with Crippen LogP contribution in [0, 0.1) is 23.2 Å². The lowest BCUT2D eigenvalue weighted by molar-refractivity contribution is 0.666. The number of piperidine rings is 1. The summed E-state index contributed by atoms with van der Waals surface area (Å²) >= 11 is 5.79. The predicted octanol–water partition coefficient (Wildman–Crippen LogP) is 2.72. The van der Waals surface area contributed by atoms with Gasteiger partial charge in [0.25, 0.3) is 0 Å². The summed E-state index contributed by atoms with van der Waals surface area (Å²) in [5.74, 6) is 7.23. The Morgan fingerprint density at radius 2 is 2.29 bits per heavy atom. The maximum atomic E-state index is 5.79. The summed E-state index contributed by atoms with van der Waals surface area (Å²) in [6.07, 6.45) is 1.24. The van der Waals surface area contributed by atoms with Gasteiger partial charge in [-0.05, 0) is 36.9 Å². The van der Waals surface area contributed by atoms with Crippen LogP contribution in [0.25, 0.3) is 0 Å². The highest BCUT2D eigenvalue weighted by molar-refractivity contribution is 6.29. The molecule has 2 aliphatic rings. The molecule has 90 valence electrons. The molecule has 1 aliphatic carbocycles. The molecule has 0 amide bonds. The van der Waals surface area contributed by atoms with E-state index in [4.69, 9.17) is 11.6 Å². The van der Waals surface area contributed by atoms with Crippen molar-refractivity contribution in [2.75, 3.05) is 13.1 Å². The molecular weight excluding hydrogens is 232 g/mol. The van der Waals surface area contributed by atoms with Gasteiger partial charge in [-0.15, -0.1) is 0 Å². The molecular formula is C14H17ClN2. The Bertz CT molecular complexity index is 461. The number of fused-ring (bicyclic) bond motifs is 1. The van der Waals surface area contributed by atoms with E-state index in [0.717, 1.165) is 24.7 Å². The molecule has 1 saturated heterocycles. The Morgan fingerprint density at radius 1 is 1.47 bits per heavy atom. The van der Waals surface area contributed by atoms with Gasteiger partial charge in [-0.25, -0.2) is 4.98 Å². The Morgan fingerprint density at radius 3 is 2.88 bits per heavy atom. The van der Waals surface area contributed by atoms with Crippen LogP contribution in [0.5, 0.6) is 0 Å². The second-order valence-electron chi connectivity index (χ2n) is 4.28. The van der Waals surface area contributed by atoms with Gasteiger partial charge >= 0.3 is 0 Å². The smallest absolute Gasteiger partial charge is 0.130 e. The minimum absolute atomic E-state index is 0.254. The first kappa shape index (κ1) is 12.4. The van der Waals surface area contributed by atoms with Crippen molar-refractivity contribution in [1.29, 1.82) is 0 Å². The molecule has 0 radical (unpaired) electrons. The molecule has 0 spiro atoms. The van der Waals surface area contributed by atoms with Crippen molar-refractivity contribution in [3.63, 3.8) is 0 Å². The summed E-state index contributed by atoms with van der Waals surface area (Å²) < 4.78 is 0. The SMILES string of the molecule is CC.Clc1cccc(C#CC23CNCC2C3)n1. The predicted molar refractivity (Wildman–Crippen MR) is 70.9 cm³/mol. The molecule has 1 aliphatic heterocycles. The normalized spacial score (nSPS) is 28.3. The van der Waals surface area contributed by atoms with Gasteiger partial charge in [0, 0.05) is 12.0 Å². The second kappa shape index (κ2) is 5.08. The van der Waals surface area contributed by atoms with E-state index in [0.29, 0.717) is 5.15 Å². The van der Waals surface area contributed by atoms with E-state index in [1.807, 2.05) is 26.0 Å². The number of nitrogens with zero attached hydrogens (tertiary/aromatic N) is 1. The van der Waals surface area contributed by atoms with Crippen molar-refractivity contribution in [2.24, 2.45) is 11.3 Å². The lowest BCUT2D eigenvalue weighted by atomic mass is 10.1. The van der Waals surface area contributed by atoms with E-state index in [9.17, 15) is 0 Å². The molecule has 1 aromatic heterocycles. The zero-order chi connectivity index (χ0) is 12.3. The fourth-order valence-electron chi connectivity index (χ4n) is 2.20. The average Bonchev–Trinajstić information content (AvgIpc) is 2.91. The van der Waals surface area contributed by atoms with Crippen molar-refractivity contribution in [1.82, 2.24) is 10.3 Å². The highest BCUT2D eigenvalue weighted by Crippen LogP contribution is 2.54. The van der Waals surface area contributed by atoms with Crippen LogP contribution in [-0.4, -0.2) is 18.1 Å². The fraction of sp³-hybridized carbons (Fsp3) is 0.500. The molecule has 2 atom stereocenters. The van der Waals surface area contributed by atoms with E-state index in [1.54, 1.807) is 6.07 Å². The van der Waals surface area contributed by atoms with Gasteiger partial charge in [-0.2, -0.15) is 0 Å². The highest BCUT2D eigenvalue weighted by Gasteiger charge is 2.56. The third-order valence-corrected chi connectivity index (χ3v) is 3.43. The molecule has 3 heteroatoms. The first-order valence-corrected chi connectivity index (χ1v) is 6.53. The average molecular weight is 249 g/mol. The summed E-state index contributed by atoms with van der Waals surface area (Å²) in [5, 5.41) is 3.87. The minimum atomic E-state index is 0.254. The highest BCUT2D eigenvalue weighted by atomic mass is 35.5. The molecule has 1 aromatic rings. The van der Waals surface area contributed by atoms with Crippen LogP contribution < -0.4 is 5.32 Å². The van der Waals surface area contributed by atoms with E-state index in [1.165, 1.54) is 6.42 Å². The van der Waals surface area contributed by atoms with Gasteiger partial charge in [0.15, 0.2) is 0 Å². The first-order chi connectivity index (χ1) is 8.28. The molecule has 3 rings (SSSR count). The van der Waals surface area contributed by atoms with Crippen molar-refractivity contribution in [3.05, 3.63) is 29.0 Å². The van der Waals surface area contributed by atoms with Crippen LogP contribution in [0.4, 0.5) is 0 Å². The van der Waals surface area contributed by atoms with Gasteiger partial charge in [0.1, 0.15) is 10.8 Å². The maximum Gasteiger partial charge on any atom is 0.130 e. The standard InChI is InChI=1S/C12H11ClN2.C2H6/c13-11-3-1-2-10(15-11)4-5-12-6-9(12)7-14-8-12;1-2/h1-3,9,14H,6-8H2;1-2H3. The van der Waals surface area contributed by atoms with Crippen LogP contribution in [0.3, 0.4) is 0 Å². The Labute approximate surface area is 108 Å². The second-order valence-corrected chi connectivity index (χ2v) is 4.67. The zero-order valence-electron chi connectivity index (χ0n) is 10.3. The quantitative estimate of drug-likeness (QED) is 0.564. The van der Waals surface area contributed by atoms with Crippen molar-refractivity contribution in [2.45, 2.75) is 20.3 Å². The third kappa shape index (κ3) is 2.62. The van der Waals surface area contributed by atoms with Gasteiger partial charge in [-0.3, -0.25) is 0 Å². The molecule has 0 aromatic carbocycles. The number of pyridine rings is 1. The molecule has 1 saturated carbocycles. The summed E-state index contributed by atoms with van der Waals surface area (Å²) in [7, 11) is 0. The van der Waals surface area contributed by atoms with Crippen molar-refractivity contribution >= 4 is 11.6 Å². The fourth-order valence-corrected chi connectivity index (χ4v) is 2.36. The number of rotatable bonds is 0. The molecule has 2 heterocycles. The van der Waals surface area contributed by atoms with E-state index >= 15 is 0 Å². The number of hydrogen-bond donors (Lipinski definition) is 1. The van der Waals surface area contributed by atoms with E-state index < -0.39 is 0 Å². The molecule has 2 fully saturated rings. The largest absolute Gasteiger partial charge is 0.315 e. The van der Waals surface area contributed by atoms with Crippen LogP contribution >= 0.6 is 11.6 Å². The molecule has 2 unspecified atom stereocenters. The molecule has 17 heavy (non-hydrogen) atoms. The molecule has 0 bridgehead atoms. The lowest BCUT2D eigenvalue weighted by Gasteiger charge is -1.99. The maximum absolute atomic E-state index is 5.79. The minimum Gasteiger partial charge on any atom is -0.315 e. The van der Waals surface area contributed by atoms with Crippen LogP contribution in [0.1, 0.15) is 26.0 Å². The summed E-state index contributed by atoms with van der Waals surface area (Å²) in [6.45, 7) is 6.16. The van der Waals surface area contributed by atoms with Crippen LogP contribution in [0.2, 0.25) is 5.15 Å². The monoisotopic (exact) mass is 248 g/mol. The third-order valence-electron chi connectivity index (χ3n) is 3.22. The summed E-state index contributed by atoms with van der Waals surface area (Å²) in [5.41, 5.74) is 1.03. The van der Waals surface area contributed by atoms with Crippen molar-refractivity contribution < 1.29 is 0 Å². The zero-order valence-corrected chi connectivity index (χ0v) is 11.0. The van der Waals surface area contributed by atoms with Gasteiger partial charge in [-0.1, -0.05) is 37.4 Å². The topological polar surface area (TPSA) is 24.9 Å². The number of aromatic nitrogens is 1. The van der Waals surface area contributed by atoms with Gasteiger partial charge in [0.2, 0.25) is 0 Å². The Hall–Kier alpha value is -1.04. The van der Waals surface area contributed by atoms with E-state index in [-0.39, 0.29) is 5.41 Å². The Balaban J connectivity index is 0.000000514. The van der Waals surface area contributed by atoms with Gasteiger partial charge < -0.3 is 5.32 Å². The first-order valence-electron chi connectivity index (χ1n) is 6.15. The number of nitrogens with one attached hydrogen (secondary N) is 1. The molecule has 1 N–H and O–H groups in total. The van der Waals surface area contributed by atoms with Crippen LogP contribution in [-0.2, 0) is 0 Å². The number of halogens is 1. The van der Waals surface area contributed by atoms with Crippen LogP contribution in [0.15, 0.2) is 18.2 Å². The summed E-state index contributed by atoms with van der Waals surface area (Å²) in [4.78, 5) is 4.16. The van der Waals surface area contributed by atoms with Gasteiger partial charge in [0.05, 0.1) is 0 Å².